The molecule has 1 atom stereocenters. The van der Waals surface area contributed by atoms with Crippen molar-refractivity contribution >= 4 is 6.03 Å². The minimum Gasteiger partial charge on any atom is -0.338 e. The lowest BCUT2D eigenvalue weighted by Crippen LogP contribution is -2.41. The van der Waals surface area contributed by atoms with E-state index in [0.717, 1.165) is 26.1 Å². The van der Waals surface area contributed by atoms with Gasteiger partial charge in [-0.15, -0.1) is 0 Å². The number of likely N-dealkylation sites (tertiary alicyclic amines) is 2. The van der Waals surface area contributed by atoms with Crippen LogP contribution in [0.2, 0.25) is 0 Å². The molecule has 3 rings (SSSR count). The normalized spacial score (nSPS) is 19.5. The first-order valence-corrected chi connectivity index (χ1v) is 10.4. The number of urea groups is 1. The Morgan fingerprint density at radius 3 is 2.35 bits per heavy atom. The highest BCUT2D eigenvalue weighted by molar-refractivity contribution is 5.73. The maximum Gasteiger partial charge on any atom is 0.314 e. The first kappa shape index (κ1) is 19.2. The molecule has 144 valence electrons. The van der Waals surface area contributed by atoms with Crippen LogP contribution in [-0.2, 0) is 0 Å². The van der Waals surface area contributed by atoms with E-state index in [2.05, 4.69) is 44.7 Å². The number of rotatable bonds is 9. The molecule has 1 aromatic carbocycles. The van der Waals surface area contributed by atoms with Gasteiger partial charge in [0.1, 0.15) is 0 Å². The molecule has 2 saturated heterocycles. The molecule has 26 heavy (non-hydrogen) atoms. The maximum absolute atomic E-state index is 12.2. The molecule has 0 spiro atoms. The molecule has 1 aromatic rings. The van der Waals surface area contributed by atoms with Gasteiger partial charge < -0.3 is 15.5 Å². The van der Waals surface area contributed by atoms with Crippen LogP contribution < -0.4 is 10.6 Å². The zero-order valence-corrected chi connectivity index (χ0v) is 16.0. The lowest BCUT2D eigenvalue weighted by molar-refractivity contribution is 0.220. The Hall–Kier alpha value is -1.59. The number of hydrogen-bond donors (Lipinski definition) is 2. The molecule has 2 N–H and O–H groups in total. The average Bonchev–Trinajstić information content (AvgIpc) is 3.37. The Morgan fingerprint density at radius 2 is 1.62 bits per heavy atom. The predicted octanol–water partition coefficient (Wildman–Crippen LogP) is 3.00. The second-order valence-electron chi connectivity index (χ2n) is 7.56. The average molecular weight is 359 g/mol. The van der Waals surface area contributed by atoms with E-state index in [-0.39, 0.29) is 12.1 Å². The number of amides is 2. The number of benzene rings is 1. The number of hydrogen-bond acceptors (Lipinski definition) is 3. The summed E-state index contributed by atoms with van der Waals surface area (Å²) in [5.41, 5.74) is 1.29. The van der Waals surface area contributed by atoms with Crippen LogP contribution in [0.4, 0.5) is 4.79 Å². The van der Waals surface area contributed by atoms with Gasteiger partial charge in [-0.1, -0.05) is 30.3 Å². The minimum atomic E-state index is -0.0358. The SMILES string of the molecule is O=C(NCCCCN1CCCC1)NCC(c1ccccc1)N1CCCC1. The van der Waals surface area contributed by atoms with Crippen molar-refractivity contribution < 1.29 is 4.79 Å². The van der Waals surface area contributed by atoms with Crippen molar-refractivity contribution in [2.24, 2.45) is 0 Å². The number of unbranched alkanes of at least 4 members (excludes halogenated alkanes) is 1. The van der Waals surface area contributed by atoms with E-state index in [0.29, 0.717) is 6.54 Å². The zero-order chi connectivity index (χ0) is 18.0. The first-order chi connectivity index (χ1) is 12.8. The summed E-state index contributed by atoms with van der Waals surface area (Å²) in [5, 5.41) is 6.11. The van der Waals surface area contributed by atoms with Crippen LogP contribution in [0, 0.1) is 0 Å². The minimum absolute atomic E-state index is 0.0358. The van der Waals surface area contributed by atoms with Gasteiger partial charge in [0.25, 0.3) is 0 Å². The predicted molar refractivity (Wildman–Crippen MR) is 106 cm³/mol. The lowest BCUT2D eigenvalue weighted by atomic mass is 10.1. The van der Waals surface area contributed by atoms with Gasteiger partial charge in [0.15, 0.2) is 0 Å². The summed E-state index contributed by atoms with van der Waals surface area (Å²) in [6.07, 6.45) is 7.43. The van der Waals surface area contributed by atoms with Crippen molar-refractivity contribution in [3.8, 4) is 0 Å². The first-order valence-electron chi connectivity index (χ1n) is 10.4. The molecule has 2 fully saturated rings. The Kier molecular flexibility index (Phi) is 7.77. The molecule has 2 heterocycles. The van der Waals surface area contributed by atoms with Crippen LogP contribution >= 0.6 is 0 Å². The summed E-state index contributed by atoms with van der Waals surface area (Å²) in [5.74, 6) is 0. The molecule has 0 aromatic heterocycles. The fourth-order valence-corrected chi connectivity index (χ4v) is 4.11. The molecule has 2 aliphatic rings. The highest BCUT2D eigenvalue weighted by atomic mass is 16.2. The van der Waals surface area contributed by atoms with Crippen molar-refractivity contribution in [1.29, 1.82) is 0 Å². The van der Waals surface area contributed by atoms with E-state index < -0.39 is 0 Å². The van der Waals surface area contributed by atoms with Crippen LogP contribution in [0.3, 0.4) is 0 Å². The number of nitrogens with one attached hydrogen (secondary N) is 2. The molecule has 0 radical (unpaired) electrons. The quantitative estimate of drug-likeness (QED) is 0.667. The van der Waals surface area contributed by atoms with Crippen molar-refractivity contribution in [3.05, 3.63) is 35.9 Å². The number of carbonyl (C=O) groups is 1. The molecule has 2 aliphatic heterocycles. The van der Waals surface area contributed by atoms with Crippen LogP contribution in [0.5, 0.6) is 0 Å². The fraction of sp³-hybridized carbons (Fsp3) is 0.667. The van der Waals surface area contributed by atoms with Gasteiger partial charge in [0.05, 0.1) is 6.04 Å². The van der Waals surface area contributed by atoms with Gasteiger partial charge in [-0.05, 0) is 76.8 Å². The molecular formula is C21H34N4O. The van der Waals surface area contributed by atoms with E-state index in [9.17, 15) is 4.79 Å². The monoisotopic (exact) mass is 358 g/mol. The molecule has 0 aliphatic carbocycles. The van der Waals surface area contributed by atoms with Crippen molar-refractivity contribution in [2.75, 3.05) is 45.8 Å². The highest BCUT2D eigenvalue weighted by Gasteiger charge is 2.23. The number of nitrogens with zero attached hydrogens (tertiary/aromatic N) is 2. The Bertz CT molecular complexity index is 524. The van der Waals surface area contributed by atoms with E-state index >= 15 is 0 Å². The van der Waals surface area contributed by atoms with E-state index in [4.69, 9.17) is 0 Å². The third kappa shape index (κ3) is 5.99. The Balaban J connectivity index is 1.35. The topological polar surface area (TPSA) is 47.6 Å². The van der Waals surface area contributed by atoms with Gasteiger partial charge in [0, 0.05) is 13.1 Å². The largest absolute Gasteiger partial charge is 0.338 e. The summed E-state index contributed by atoms with van der Waals surface area (Å²) in [6, 6.07) is 10.8. The summed E-state index contributed by atoms with van der Waals surface area (Å²) in [6.45, 7) is 7.37. The van der Waals surface area contributed by atoms with Gasteiger partial charge in [0.2, 0.25) is 0 Å². The van der Waals surface area contributed by atoms with E-state index in [1.165, 1.54) is 57.3 Å². The third-order valence-corrected chi connectivity index (χ3v) is 5.61. The van der Waals surface area contributed by atoms with Gasteiger partial charge in [-0.2, -0.15) is 0 Å². The maximum atomic E-state index is 12.2. The summed E-state index contributed by atoms with van der Waals surface area (Å²) in [7, 11) is 0. The highest BCUT2D eigenvalue weighted by Crippen LogP contribution is 2.24. The third-order valence-electron chi connectivity index (χ3n) is 5.61. The Labute approximate surface area is 158 Å². The summed E-state index contributed by atoms with van der Waals surface area (Å²) >= 11 is 0. The van der Waals surface area contributed by atoms with E-state index in [1.807, 2.05) is 6.07 Å². The molecule has 0 saturated carbocycles. The molecule has 0 bridgehead atoms. The van der Waals surface area contributed by atoms with Crippen molar-refractivity contribution in [3.63, 3.8) is 0 Å². The van der Waals surface area contributed by atoms with E-state index in [1.54, 1.807) is 0 Å². The molecule has 5 heteroatoms. The standard InChI is InChI=1S/C21H34N4O/c26-21(22-12-4-5-13-24-14-6-7-15-24)23-18-20(25-16-8-9-17-25)19-10-2-1-3-11-19/h1-3,10-11,20H,4-9,12-18H2,(H2,22,23,26). The van der Waals surface area contributed by atoms with Gasteiger partial charge in [-0.3, -0.25) is 4.90 Å². The number of carbonyl (C=O) groups excluding carboxylic acids is 1. The van der Waals surface area contributed by atoms with Crippen LogP contribution in [0.15, 0.2) is 30.3 Å². The van der Waals surface area contributed by atoms with Crippen LogP contribution in [-0.4, -0.2) is 61.6 Å². The summed E-state index contributed by atoms with van der Waals surface area (Å²) in [4.78, 5) is 17.2. The van der Waals surface area contributed by atoms with Crippen LogP contribution in [0.1, 0.15) is 50.1 Å². The molecule has 2 amide bonds. The zero-order valence-electron chi connectivity index (χ0n) is 16.0. The fourth-order valence-electron chi connectivity index (χ4n) is 4.11. The Morgan fingerprint density at radius 1 is 0.923 bits per heavy atom. The molecular weight excluding hydrogens is 324 g/mol. The summed E-state index contributed by atoms with van der Waals surface area (Å²) < 4.78 is 0. The van der Waals surface area contributed by atoms with Crippen LogP contribution in [0.25, 0.3) is 0 Å². The van der Waals surface area contributed by atoms with Gasteiger partial charge >= 0.3 is 6.03 Å². The van der Waals surface area contributed by atoms with Crippen molar-refractivity contribution in [2.45, 2.75) is 44.6 Å². The van der Waals surface area contributed by atoms with Crippen molar-refractivity contribution in [1.82, 2.24) is 20.4 Å². The smallest absolute Gasteiger partial charge is 0.314 e. The second-order valence-corrected chi connectivity index (χ2v) is 7.56. The molecule has 1 unspecified atom stereocenters. The lowest BCUT2D eigenvalue weighted by Gasteiger charge is -2.28. The van der Waals surface area contributed by atoms with Gasteiger partial charge in [-0.25, -0.2) is 4.79 Å². The molecule has 5 nitrogen and oxygen atoms in total. The second kappa shape index (κ2) is 10.5.